The van der Waals surface area contributed by atoms with Crippen molar-refractivity contribution in [3.63, 3.8) is 0 Å². The molecule has 0 saturated carbocycles. The molecule has 0 spiro atoms. The molecule has 3 rings (SSSR count). The van der Waals surface area contributed by atoms with Gasteiger partial charge in [0.1, 0.15) is 5.60 Å². The SMILES string of the molecule is C=C1COC(c2ccccc2)(c2ccccc2)C1. The smallest absolute Gasteiger partial charge is 0.122 e. The molecule has 0 N–H and O–H groups in total. The Morgan fingerprint density at radius 2 is 1.33 bits per heavy atom. The zero-order valence-corrected chi connectivity index (χ0v) is 10.3. The highest BCUT2D eigenvalue weighted by molar-refractivity contribution is 5.39. The minimum absolute atomic E-state index is 0.348. The van der Waals surface area contributed by atoms with E-state index in [4.69, 9.17) is 4.74 Å². The summed E-state index contributed by atoms with van der Waals surface area (Å²) in [6.45, 7) is 4.72. The third kappa shape index (κ3) is 1.77. The van der Waals surface area contributed by atoms with Crippen molar-refractivity contribution in [1.29, 1.82) is 0 Å². The van der Waals surface area contributed by atoms with Crippen molar-refractivity contribution < 1.29 is 4.74 Å². The second-order valence-corrected chi connectivity index (χ2v) is 4.77. The first-order valence-electron chi connectivity index (χ1n) is 6.23. The van der Waals surface area contributed by atoms with Gasteiger partial charge in [-0.1, -0.05) is 67.2 Å². The van der Waals surface area contributed by atoms with E-state index in [1.54, 1.807) is 0 Å². The predicted molar refractivity (Wildman–Crippen MR) is 73.4 cm³/mol. The summed E-state index contributed by atoms with van der Waals surface area (Å²) in [5, 5.41) is 0. The average Bonchev–Trinajstić information content (AvgIpc) is 2.84. The lowest BCUT2D eigenvalue weighted by molar-refractivity contribution is 0.0371. The van der Waals surface area contributed by atoms with E-state index in [1.165, 1.54) is 11.1 Å². The molecule has 1 aliphatic heterocycles. The Morgan fingerprint density at radius 1 is 0.833 bits per heavy atom. The van der Waals surface area contributed by atoms with Gasteiger partial charge in [0.25, 0.3) is 0 Å². The maximum Gasteiger partial charge on any atom is 0.122 e. The summed E-state index contributed by atoms with van der Waals surface area (Å²) < 4.78 is 6.13. The molecule has 2 aromatic rings. The normalized spacial score (nSPS) is 17.9. The lowest BCUT2D eigenvalue weighted by Crippen LogP contribution is -2.26. The van der Waals surface area contributed by atoms with E-state index in [9.17, 15) is 0 Å². The lowest BCUT2D eigenvalue weighted by atomic mass is 9.83. The summed E-state index contributed by atoms with van der Waals surface area (Å²) in [4.78, 5) is 0. The Kier molecular flexibility index (Phi) is 2.77. The van der Waals surface area contributed by atoms with Crippen molar-refractivity contribution >= 4 is 0 Å². The molecule has 0 unspecified atom stereocenters. The van der Waals surface area contributed by atoms with E-state index in [-0.39, 0.29) is 5.60 Å². The van der Waals surface area contributed by atoms with Crippen LogP contribution in [0.5, 0.6) is 0 Å². The first-order valence-corrected chi connectivity index (χ1v) is 6.23. The molecule has 90 valence electrons. The standard InChI is InChI=1S/C17H16O/c1-14-12-17(18-13-14,15-8-4-2-5-9-15)16-10-6-3-7-11-16/h2-11H,1,12-13H2. The van der Waals surface area contributed by atoms with E-state index in [1.807, 2.05) is 12.1 Å². The van der Waals surface area contributed by atoms with Gasteiger partial charge in [-0.2, -0.15) is 0 Å². The van der Waals surface area contributed by atoms with Crippen LogP contribution >= 0.6 is 0 Å². The van der Waals surface area contributed by atoms with E-state index in [0.717, 1.165) is 12.0 Å². The molecule has 0 aromatic heterocycles. The fraction of sp³-hybridized carbons (Fsp3) is 0.176. The van der Waals surface area contributed by atoms with Gasteiger partial charge in [0.05, 0.1) is 6.61 Å². The van der Waals surface area contributed by atoms with Gasteiger partial charge in [0.2, 0.25) is 0 Å². The Bertz CT molecular complexity index is 503. The van der Waals surface area contributed by atoms with Gasteiger partial charge >= 0.3 is 0 Å². The van der Waals surface area contributed by atoms with Crippen LogP contribution in [0, 0.1) is 0 Å². The maximum absolute atomic E-state index is 6.13. The van der Waals surface area contributed by atoms with Crippen molar-refractivity contribution in [1.82, 2.24) is 0 Å². The monoisotopic (exact) mass is 236 g/mol. The van der Waals surface area contributed by atoms with Crippen LogP contribution in [0.1, 0.15) is 17.5 Å². The molecule has 1 heterocycles. The van der Waals surface area contributed by atoms with E-state index in [2.05, 4.69) is 55.1 Å². The molecule has 1 aliphatic rings. The molecule has 0 atom stereocenters. The zero-order valence-electron chi connectivity index (χ0n) is 10.3. The fourth-order valence-corrected chi connectivity index (χ4v) is 2.63. The average molecular weight is 236 g/mol. The molecular weight excluding hydrogens is 220 g/mol. The molecule has 1 nitrogen and oxygen atoms in total. The van der Waals surface area contributed by atoms with Crippen LogP contribution in [0.2, 0.25) is 0 Å². The van der Waals surface area contributed by atoms with Gasteiger partial charge in [0, 0.05) is 6.42 Å². The number of benzene rings is 2. The van der Waals surface area contributed by atoms with Crippen LogP contribution in [0.25, 0.3) is 0 Å². The molecule has 0 bridgehead atoms. The van der Waals surface area contributed by atoms with Gasteiger partial charge in [-0.3, -0.25) is 0 Å². The summed E-state index contributed by atoms with van der Waals surface area (Å²) in [7, 11) is 0. The van der Waals surface area contributed by atoms with Crippen LogP contribution in [-0.2, 0) is 10.3 Å². The summed E-state index contributed by atoms with van der Waals surface area (Å²) >= 11 is 0. The third-order valence-electron chi connectivity index (χ3n) is 3.50. The van der Waals surface area contributed by atoms with Crippen molar-refractivity contribution in [2.24, 2.45) is 0 Å². The lowest BCUT2D eigenvalue weighted by Gasteiger charge is -2.29. The van der Waals surface area contributed by atoms with Gasteiger partial charge < -0.3 is 4.74 Å². The van der Waals surface area contributed by atoms with E-state index in [0.29, 0.717) is 6.61 Å². The van der Waals surface area contributed by atoms with Gasteiger partial charge in [0.15, 0.2) is 0 Å². The second kappa shape index (κ2) is 4.43. The van der Waals surface area contributed by atoms with Crippen molar-refractivity contribution in [2.45, 2.75) is 12.0 Å². The van der Waals surface area contributed by atoms with Crippen LogP contribution in [0.4, 0.5) is 0 Å². The minimum Gasteiger partial charge on any atom is -0.361 e. The van der Waals surface area contributed by atoms with E-state index >= 15 is 0 Å². The Hall–Kier alpha value is -1.86. The van der Waals surface area contributed by atoms with Crippen molar-refractivity contribution in [3.8, 4) is 0 Å². The van der Waals surface area contributed by atoms with Crippen molar-refractivity contribution in [3.05, 3.63) is 83.9 Å². The summed E-state index contributed by atoms with van der Waals surface area (Å²) in [5.41, 5.74) is 3.21. The van der Waals surface area contributed by atoms with Gasteiger partial charge in [-0.05, 0) is 16.7 Å². The first-order chi connectivity index (χ1) is 8.81. The van der Waals surface area contributed by atoms with Crippen LogP contribution in [0.15, 0.2) is 72.8 Å². The summed E-state index contributed by atoms with van der Waals surface area (Å²) in [6.07, 6.45) is 0.862. The largest absolute Gasteiger partial charge is 0.361 e. The number of ether oxygens (including phenoxy) is 1. The minimum atomic E-state index is -0.348. The predicted octanol–water partition coefficient (Wildman–Crippen LogP) is 3.91. The Labute approximate surface area is 108 Å². The maximum atomic E-state index is 6.13. The van der Waals surface area contributed by atoms with E-state index < -0.39 is 0 Å². The zero-order chi connectivity index (χ0) is 12.4. The first kappa shape index (κ1) is 11.2. The van der Waals surface area contributed by atoms with Crippen LogP contribution < -0.4 is 0 Å². The molecule has 1 fully saturated rings. The van der Waals surface area contributed by atoms with Gasteiger partial charge in [-0.15, -0.1) is 0 Å². The Morgan fingerprint density at radius 3 is 1.72 bits per heavy atom. The number of hydrogen-bond donors (Lipinski definition) is 0. The molecule has 18 heavy (non-hydrogen) atoms. The molecule has 2 aromatic carbocycles. The summed E-state index contributed by atoms with van der Waals surface area (Å²) in [6, 6.07) is 20.8. The van der Waals surface area contributed by atoms with Crippen LogP contribution in [-0.4, -0.2) is 6.61 Å². The molecule has 0 radical (unpaired) electrons. The molecule has 0 amide bonds. The Balaban J connectivity index is 2.14. The fourth-order valence-electron chi connectivity index (χ4n) is 2.63. The highest BCUT2D eigenvalue weighted by atomic mass is 16.5. The topological polar surface area (TPSA) is 9.23 Å². The number of rotatable bonds is 2. The molecular formula is C17H16O. The quantitative estimate of drug-likeness (QED) is 0.718. The molecule has 1 saturated heterocycles. The summed E-state index contributed by atoms with van der Waals surface area (Å²) in [5.74, 6) is 0. The van der Waals surface area contributed by atoms with Gasteiger partial charge in [-0.25, -0.2) is 0 Å². The molecule has 1 heteroatoms. The number of hydrogen-bond acceptors (Lipinski definition) is 1. The van der Waals surface area contributed by atoms with Crippen LogP contribution in [0.3, 0.4) is 0 Å². The highest BCUT2D eigenvalue weighted by Crippen LogP contribution is 2.43. The van der Waals surface area contributed by atoms with Crippen molar-refractivity contribution in [2.75, 3.05) is 6.61 Å². The second-order valence-electron chi connectivity index (χ2n) is 4.77. The highest BCUT2D eigenvalue weighted by Gasteiger charge is 2.40. The molecule has 0 aliphatic carbocycles. The third-order valence-corrected chi connectivity index (χ3v) is 3.50.